The number of hydrogen-bond acceptors (Lipinski definition) is 6. The molecule has 0 saturated carbocycles. The van der Waals surface area contributed by atoms with Crippen molar-refractivity contribution in [1.29, 1.82) is 5.26 Å². The summed E-state index contributed by atoms with van der Waals surface area (Å²) >= 11 is 12.5. The van der Waals surface area contributed by atoms with Crippen LogP contribution in [0.2, 0.25) is 10.0 Å². The van der Waals surface area contributed by atoms with Crippen molar-refractivity contribution in [1.82, 2.24) is 15.2 Å². The van der Waals surface area contributed by atoms with Gasteiger partial charge in [-0.3, -0.25) is 9.59 Å². The molecule has 1 aliphatic heterocycles. The minimum atomic E-state index is -0.803. The SMILES string of the molecule is Cc1c(Cl)ccc(OC2CCN(CC(O)CNC(=O)c3cc(C#N)c(=O)[nH]c3-c3ccccc3)CC2)c1Cl. The summed E-state index contributed by atoms with van der Waals surface area (Å²) in [5.41, 5.74) is 1.18. The Labute approximate surface area is 230 Å². The fraction of sp³-hybridized carbons (Fsp3) is 0.321. The number of aliphatic hydroxyl groups excluding tert-OH is 1. The quantitative estimate of drug-likeness (QED) is 0.384. The van der Waals surface area contributed by atoms with Gasteiger partial charge >= 0.3 is 0 Å². The normalized spacial score (nSPS) is 15.0. The van der Waals surface area contributed by atoms with E-state index in [0.29, 0.717) is 33.6 Å². The molecule has 3 aromatic rings. The molecule has 0 spiro atoms. The summed E-state index contributed by atoms with van der Waals surface area (Å²) in [6.07, 6.45) is 0.743. The van der Waals surface area contributed by atoms with Crippen LogP contribution in [0.25, 0.3) is 11.3 Å². The monoisotopic (exact) mass is 554 g/mol. The second-order valence-corrected chi connectivity index (χ2v) is 10.0. The Balaban J connectivity index is 1.31. The van der Waals surface area contributed by atoms with Gasteiger partial charge in [0.15, 0.2) is 0 Å². The highest BCUT2D eigenvalue weighted by atomic mass is 35.5. The summed E-state index contributed by atoms with van der Waals surface area (Å²) < 4.78 is 6.09. The zero-order chi connectivity index (χ0) is 27.2. The summed E-state index contributed by atoms with van der Waals surface area (Å²) in [5.74, 6) is 0.129. The molecule has 10 heteroatoms. The minimum absolute atomic E-state index is 0.00662. The molecule has 1 aromatic heterocycles. The average molecular weight is 555 g/mol. The van der Waals surface area contributed by atoms with Crippen molar-refractivity contribution in [2.45, 2.75) is 32.0 Å². The Hall–Kier alpha value is -3.35. The van der Waals surface area contributed by atoms with E-state index in [2.05, 4.69) is 15.2 Å². The Morgan fingerprint density at radius 1 is 1.24 bits per heavy atom. The first kappa shape index (κ1) is 27.7. The lowest BCUT2D eigenvalue weighted by molar-refractivity contribution is 0.0594. The van der Waals surface area contributed by atoms with Gasteiger partial charge in [0.25, 0.3) is 11.5 Å². The van der Waals surface area contributed by atoms with E-state index in [9.17, 15) is 20.0 Å². The number of amides is 1. The molecular formula is C28H28Cl2N4O4. The molecular weight excluding hydrogens is 527 g/mol. The van der Waals surface area contributed by atoms with Crippen molar-refractivity contribution in [2.24, 2.45) is 0 Å². The Morgan fingerprint density at radius 3 is 2.63 bits per heavy atom. The van der Waals surface area contributed by atoms with Crippen molar-refractivity contribution in [3.05, 3.63) is 85.6 Å². The lowest BCUT2D eigenvalue weighted by Crippen LogP contribution is -2.45. The van der Waals surface area contributed by atoms with Crippen LogP contribution in [0.4, 0.5) is 0 Å². The van der Waals surface area contributed by atoms with Crippen LogP contribution < -0.4 is 15.6 Å². The number of piperidine rings is 1. The summed E-state index contributed by atoms with van der Waals surface area (Å²) in [6.45, 7) is 3.70. The van der Waals surface area contributed by atoms with Gasteiger partial charge in [0, 0.05) is 31.2 Å². The lowest BCUT2D eigenvalue weighted by atomic mass is 10.0. The number of nitrogens with zero attached hydrogens (tertiary/aromatic N) is 2. The van der Waals surface area contributed by atoms with Crippen molar-refractivity contribution in [2.75, 3.05) is 26.2 Å². The van der Waals surface area contributed by atoms with Gasteiger partial charge in [0.2, 0.25) is 0 Å². The first-order valence-corrected chi connectivity index (χ1v) is 13.0. The molecule has 1 saturated heterocycles. The Morgan fingerprint density at radius 2 is 1.95 bits per heavy atom. The molecule has 0 radical (unpaired) electrons. The molecule has 1 aliphatic rings. The van der Waals surface area contributed by atoms with Gasteiger partial charge in [-0.25, -0.2) is 0 Å². The highest BCUT2D eigenvalue weighted by Crippen LogP contribution is 2.34. The summed E-state index contributed by atoms with van der Waals surface area (Å²) in [7, 11) is 0. The maximum atomic E-state index is 13.0. The number of rotatable bonds is 8. The van der Waals surface area contributed by atoms with Gasteiger partial charge < -0.3 is 25.0 Å². The number of β-amino-alcohol motifs (C(OH)–C–C–N with tert-alkyl or cyclic N) is 1. The molecule has 1 fully saturated rings. The Kier molecular flexibility index (Phi) is 9.08. The highest BCUT2D eigenvalue weighted by Gasteiger charge is 2.24. The number of nitrogens with one attached hydrogen (secondary N) is 2. The molecule has 0 bridgehead atoms. The van der Waals surface area contributed by atoms with Crippen molar-refractivity contribution < 1.29 is 14.6 Å². The number of aromatic nitrogens is 1. The molecule has 38 heavy (non-hydrogen) atoms. The fourth-order valence-corrected chi connectivity index (χ4v) is 4.83. The first-order valence-electron chi connectivity index (χ1n) is 12.3. The number of aliphatic hydroxyl groups is 1. The van der Waals surface area contributed by atoms with E-state index in [1.807, 2.05) is 19.1 Å². The van der Waals surface area contributed by atoms with Crippen molar-refractivity contribution in [3.8, 4) is 23.1 Å². The number of carbonyl (C=O) groups excluding carboxylic acids is 1. The topological polar surface area (TPSA) is 118 Å². The second-order valence-electron chi connectivity index (χ2n) is 9.24. The van der Waals surface area contributed by atoms with Gasteiger partial charge in [-0.15, -0.1) is 0 Å². The van der Waals surface area contributed by atoms with E-state index < -0.39 is 17.6 Å². The van der Waals surface area contributed by atoms with Crippen LogP contribution in [0.5, 0.6) is 5.75 Å². The maximum absolute atomic E-state index is 13.0. The number of hydrogen-bond donors (Lipinski definition) is 3. The molecule has 1 unspecified atom stereocenters. The third-order valence-electron chi connectivity index (χ3n) is 6.55. The number of aromatic amines is 1. The number of nitriles is 1. The molecule has 2 heterocycles. The third kappa shape index (κ3) is 6.55. The molecule has 4 rings (SSSR count). The van der Waals surface area contributed by atoms with E-state index in [4.69, 9.17) is 27.9 Å². The van der Waals surface area contributed by atoms with Crippen LogP contribution in [0.15, 0.2) is 53.3 Å². The largest absolute Gasteiger partial charge is 0.489 e. The van der Waals surface area contributed by atoms with Crippen LogP contribution in [-0.4, -0.2) is 59.3 Å². The van der Waals surface area contributed by atoms with Crippen LogP contribution in [0, 0.1) is 18.3 Å². The predicted molar refractivity (Wildman–Crippen MR) is 147 cm³/mol. The number of ether oxygens (including phenoxy) is 1. The smallest absolute Gasteiger partial charge is 0.266 e. The Bertz CT molecular complexity index is 1400. The van der Waals surface area contributed by atoms with Gasteiger partial charge in [-0.1, -0.05) is 53.5 Å². The van der Waals surface area contributed by atoms with Gasteiger partial charge in [0.05, 0.1) is 22.4 Å². The van der Waals surface area contributed by atoms with Gasteiger partial charge in [-0.2, -0.15) is 5.26 Å². The molecule has 8 nitrogen and oxygen atoms in total. The van der Waals surface area contributed by atoms with E-state index in [1.165, 1.54) is 6.07 Å². The van der Waals surface area contributed by atoms with E-state index in [0.717, 1.165) is 31.5 Å². The van der Waals surface area contributed by atoms with Crippen molar-refractivity contribution >= 4 is 29.1 Å². The third-order valence-corrected chi connectivity index (χ3v) is 7.43. The van der Waals surface area contributed by atoms with E-state index >= 15 is 0 Å². The van der Waals surface area contributed by atoms with Crippen LogP contribution in [-0.2, 0) is 0 Å². The number of benzene rings is 2. The number of pyridine rings is 1. The number of likely N-dealkylation sites (tertiary alicyclic amines) is 1. The van der Waals surface area contributed by atoms with Gasteiger partial charge in [0.1, 0.15) is 23.5 Å². The van der Waals surface area contributed by atoms with Gasteiger partial charge in [-0.05, 0) is 49.1 Å². The second kappa shape index (κ2) is 12.5. The summed E-state index contributed by atoms with van der Waals surface area (Å²) in [6, 6.07) is 15.6. The average Bonchev–Trinajstić information content (AvgIpc) is 2.93. The maximum Gasteiger partial charge on any atom is 0.266 e. The van der Waals surface area contributed by atoms with Crippen LogP contribution >= 0.6 is 23.2 Å². The highest BCUT2D eigenvalue weighted by molar-refractivity contribution is 6.36. The number of carbonyl (C=O) groups is 1. The van der Waals surface area contributed by atoms with Crippen LogP contribution in [0.1, 0.15) is 34.3 Å². The molecule has 2 aromatic carbocycles. The van der Waals surface area contributed by atoms with Crippen LogP contribution in [0.3, 0.4) is 0 Å². The first-order chi connectivity index (χ1) is 18.3. The standard InChI is InChI=1S/C28H28Cl2N4O4/c1-17-23(29)7-8-24(25(17)30)38-21-9-11-34(12-10-21)16-20(35)15-32-28(37)22-13-19(14-31)27(36)33-26(22)18-5-3-2-4-6-18/h2-8,13,20-21,35H,9-12,15-16H2,1H3,(H,32,37)(H,33,36). The van der Waals surface area contributed by atoms with E-state index in [-0.39, 0.29) is 23.8 Å². The molecule has 1 atom stereocenters. The summed E-state index contributed by atoms with van der Waals surface area (Å²) in [4.78, 5) is 30.0. The summed E-state index contributed by atoms with van der Waals surface area (Å²) in [5, 5.41) is 23.7. The number of H-pyrrole nitrogens is 1. The zero-order valence-corrected chi connectivity index (χ0v) is 22.4. The molecule has 1 amide bonds. The lowest BCUT2D eigenvalue weighted by Gasteiger charge is -2.33. The van der Waals surface area contributed by atoms with E-state index in [1.54, 1.807) is 36.4 Å². The zero-order valence-electron chi connectivity index (χ0n) is 20.8. The molecule has 198 valence electrons. The minimum Gasteiger partial charge on any atom is -0.489 e. The molecule has 3 N–H and O–H groups in total. The molecule has 0 aliphatic carbocycles. The number of halogens is 2. The predicted octanol–water partition coefficient (Wildman–Crippen LogP) is 4.16. The fourth-order valence-electron chi connectivity index (χ4n) is 4.41. The van der Waals surface area contributed by atoms with Crippen molar-refractivity contribution in [3.63, 3.8) is 0 Å².